The third-order valence-electron chi connectivity index (χ3n) is 5.25. The van der Waals surface area contributed by atoms with E-state index in [0.717, 1.165) is 22.3 Å². The van der Waals surface area contributed by atoms with E-state index in [1.165, 1.54) is 7.11 Å². The van der Waals surface area contributed by atoms with Crippen molar-refractivity contribution in [2.75, 3.05) is 19.0 Å². The third-order valence-corrected chi connectivity index (χ3v) is 5.25. The maximum atomic E-state index is 13.1. The SMILES string of the molecule is COC(=O)c1ccc(C)c(NC(=O)c2nc(-c3cccc(CCO)c3)ccc2C)c1C. The fraction of sp³-hybridized carbons (Fsp3) is 0.240. The number of benzene rings is 2. The van der Waals surface area contributed by atoms with Crippen molar-refractivity contribution in [3.05, 3.63) is 82.0 Å². The number of anilines is 1. The van der Waals surface area contributed by atoms with Crippen LogP contribution in [0.15, 0.2) is 48.5 Å². The van der Waals surface area contributed by atoms with E-state index < -0.39 is 5.97 Å². The number of ether oxygens (including phenoxy) is 1. The second-order valence-electron chi connectivity index (χ2n) is 7.41. The molecule has 6 nitrogen and oxygen atoms in total. The molecular formula is C25H26N2O4. The molecule has 0 atom stereocenters. The number of pyridine rings is 1. The first kappa shape index (κ1) is 22.2. The Kier molecular flexibility index (Phi) is 6.82. The number of nitrogens with zero attached hydrogens (tertiary/aromatic N) is 1. The molecule has 1 aromatic heterocycles. The molecule has 0 saturated heterocycles. The molecule has 0 spiro atoms. The molecule has 0 radical (unpaired) electrons. The minimum atomic E-state index is -0.452. The van der Waals surface area contributed by atoms with Crippen LogP contribution in [-0.2, 0) is 11.2 Å². The molecule has 31 heavy (non-hydrogen) atoms. The van der Waals surface area contributed by atoms with E-state index in [2.05, 4.69) is 10.3 Å². The van der Waals surface area contributed by atoms with E-state index in [9.17, 15) is 14.7 Å². The lowest BCUT2D eigenvalue weighted by Crippen LogP contribution is -2.18. The number of aliphatic hydroxyl groups excluding tert-OH is 1. The number of amides is 1. The molecule has 0 saturated carbocycles. The number of carbonyl (C=O) groups is 2. The highest BCUT2D eigenvalue weighted by molar-refractivity contribution is 6.06. The Morgan fingerprint density at radius 3 is 2.48 bits per heavy atom. The molecule has 0 bridgehead atoms. The van der Waals surface area contributed by atoms with E-state index in [1.54, 1.807) is 19.1 Å². The second-order valence-corrected chi connectivity index (χ2v) is 7.41. The topological polar surface area (TPSA) is 88.5 Å². The number of hydrogen-bond acceptors (Lipinski definition) is 5. The minimum absolute atomic E-state index is 0.0712. The fourth-order valence-corrected chi connectivity index (χ4v) is 3.48. The van der Waals surface area contributed by atoms with Gasteiger partial charge in [-0.15, -0.1) is 0 Å². The Labute approximate surface area is 181 Å². The van der Waals surface area contributed by atoms with Crippen LogP contribution in [0.5, 0.6) is 0 Å². The fourth-order valence-electron chi connectivity index (χ4n) is 3.48. The zero-order valence-corrected chi connectivity index (χ0v) is 18.2. The highest BCUT2D eigenvalue weighted by atomic mass is 16.5. The van der Waals surface area contributed by atoms with Crippen molar-refractivity contribution >= 4 is 17.6 Å². The summed E-state index contributed by atoms with van der Waals surface area (Å²) in [6, 6.07) is 14.9. The zero-order chi connectivity index (χ0) is 22.5. The van der Waals surface area contributed by atoms with Crippen molar-refractivity contribution < 1.29 is 19.4 Å². The molecule has 0 aliphatic rings. The number of nitrogens with one attached hydrogen (secondary N) is 1. The summed E-state index contributed by atoms with van der Waals surface area (Å²) in [4.78, 5) is 29.7. The molecule has 1 heterocycles. The zero-order valence-electron chi connectivity index (χ0n) is 18.2. The molecule has 1 amide bonds. The first-order valence-corrected chi connectivity index (χ1v) is 10.0. The van der Waals surface area contributed by atoms with Crippen LogP contribution >= 0.6 is 0 Å². The number of aromatic nitrogens is 1. The van der Waals surface area contributed by atoms with Crippen molar-refractivity contribution in [3.63, 3.8) is 0 Å². The average molecular weight is 418 g/mol. The molecule has 0 aliphatic carbocycles. The molecule has 3 aromatic rings. The quantitative estimate of drug-likeness (QED) is 0.585. The van der Waals surface area contributed by atoms with Crippen LogP contribution in [0.1, 0.15) is 43.1 Å². The summed E-state index contributed by atoms with van der Waals surface area (Å²) in [6.45, 7) is 5.55. The number of rotatable bonds is 6. The van der Waals surface area contributed by atoms with E-state index in [1.807, 2.05) is 50.2 Å². The predicted octanol–water partition coefficient (Wildman–Crippen LogP) is 4.25. The van der Waals surface area contributed by atoms with E-state index >= 15 is 0 Å². The van der Waals surface area contributed by atoms with Gasteiger partial charge in [-0.1, -0.05) is 30.3 Å². The lowest BCUT2D eigenvalue weighted by molar-refractivity contribution is 0.0599. The average Bonchev–Trinajstić information content (AvgIpc) is 2.76. The summed E-state index contributed by atoms with van der Waals surface area (Å²) < 4.78 is 4.83. The number of esters is 1. The summed E-state index contributed by atoms with van der Waals surface area (Å²) in [6.07, 6.45) is 0.558. The number of aliphatic hydroxyl groups is 1. The summed E-state index contributed by atoms with van der Waals surface area (Å²) in [7, 11) is 1.33. The van der Waals surface area contributed by atoms with Crippen LogP contribution in [-0.4, -0.2) is 35.7 Å². The lowest BCUT2D eigenvalue weighted by Gasteiger charge is -2.15. The number of methoxy groups -OCH3 is 1. The predicted molar refractivity (Wildman–Crippen MR) is 120 cm³/mol. The van der Waals surface area contributed by atoms with Crippen LogP contribution in [0.25, 0.3) is 11.3 Å². The molecule has 2 aromatic carbocycles. The highest BCUT2D eigenvalue weighted by Crippen LogP contribution is 2.26. The minimum Gasteiger partial charge on any atom is -0.465 e. The third kappa shape index (κ3) is 4.81. The van der Waals surface area contributed by atoms with Gasteiger partial charge in [0.05, 0.1) is 18.4 Å². The van der Waals surface area contributed by atoms with Gasteiger partial charge in [0, 0.05) is 17.9 Å². The summed E-state index contributed by atoms with van der Waals surface area (Å²) >= 11 is 0. The first-order valence-electron chi connectivity index (χ1n) is 10.0. The van der Waals surface area contributed by atoms with Gasteiger partial charge in [0.1, 0.15) is 5.69 Å². The maximum absolute atomic E-state index is 13.1. The Bertz CT molecular complexity index is 1140. The van der Waals surface area contributed by atoms with Crippen molar-refractivity contribution in [1.29, 1.82) is 0 Å². The van der Waals surface area contributed by atoms with Crippen LogP contribution in [0.3, 0.4) is 0 Å². The van der Waals surface area contributed by atoms with Crippen LogP contribution < -0.4 is 5.32 Å². The number of carbonyl (C=O) groups excluding carboxylic acids is 2. The number of aryl methyl sites for hydroxylation is 2. The van der Waals surface area contributed by atoms with Crippen molar-refractivity contribution in [1.82, 2.24) is 4.98 Å². The summed E-state index contributed by atoms with van der Waals surface area (Å²) in [5, 5.41) is 12.1. The molecule has 0 unspecified atom stereocenters. The first-order chi connectivity index (χ1) is 14.8. The van der Waals surface area contributed by atoms with E-state index in [0.29, 0.717) is 34.6 Å². The van der Waals surface area contributed by atoms with E-state index in [4.69, 9.17) is 4.74 Å². The van der Waals surface area contributed by atoms with Crippen molar-refractivity contribution in [2.45, 2.75) is 27.2 Å². The normalized spacial score (nSPS) is 10.6. The van der Waals surface area contributed by atoms with Gasteiger partial charge >= 0.3 is 5.97 Å². The molecule has 6 heteroatoms. The van der Waals surface area contributed by atoms with Crippen molar-refractivity contribution in [3.8, 4) is 11.3 Å². The van der Waals surface area contributed by atoms with E-state index in [-0.39, 0.29) is 12.5 Å². The monoisotopic (exact) mass is 418 g/mol. The molecule has 0 fully saturated rings. The smallest absolute Gasteiger partial charge is 0.338 e. The molecule has 160 valence electrons. The molecule has 0 aliphatic heterocycles. The van der Waals surface area contributed by atoms with Gasteiger partial charge in [0.2, 0.25) is 0 Å². The van der Waals surface area contributed by atoms with Gasteiger partial charge in [-0.2, -0.15) is 0 Å². The largest absolute Gasteiger partial charge is 0.465 e. The van der Waals surface area contributed by atoms with Gasteiger partial charge in [0.15, 0.2) is 0 Å². The van der Waals surface area contributed by atoms with Gasteiger partial charge in [0.25, 0.3) is 5.91 Å². The standard InChI is InChI=1S/C25H26N2O4/c1-15-8-10-20(25(30)31-4)17(3)22(15)27-24(29)23-16(2)9-11-21(26-23)19-7-5-6-18(14-19)12-13-28/h5-11,14,28H,12-13H2,1-4H3,(H,27,29). The summed E-state index contributed by atoms with van der Waals surface area (Å²) in [5.74, 6) is -0.800. The van der Waals surface area contributed by atoms with Gasteiger partial charge < -0.3 is 15.2 Å². The van der Waals surface area contributed by atoms with Gasteiger partial charge in [-0.05, 0) is 67.6 Å². The second kappa shape index (κ2) is 9.53. The Hall–Kier alpha value is -3.51. The molecule has 3 rings (SSSR count). The molecule has 2 N–H and O–H groups in total. The summed E-state index contributed by atoms with van der Waals surface area (Å²) in [5.41, 5.74) is 6.06. The lowest BCUT2D eigenvalue weighted by atomic mass is 10.0. The Morgan fingerprint density at radius 1 is 1.03 bits per heavy atom. The van der Waals surface area contributed by atoms with Gasteiger partial charge in [-0.3, -0.25) is 4.79 Å². The maximum Gasteiger partial charge on any atom is 0.338 e. The van der Waals surface area contributed by atoms with Crippen molar-refractivity contribution in [2.24, 2.45) is 0 Å². The van der Waals surface area contributed by atoms with Crippen LogP contribution in [0.2, 0.25) is 0 Å². The highest BCUT2D eigenvalue weighted by Gasteiger charge is 2.18. The van der Waals surface area contributed by atoms with Gasteiger partial charge in [-0.25, -0.2) is 9.78 Å². The van der Waals surface area contributed by atoms with Crippen LogP contribution in [0, 0.1) is 20.8 Å². The van der Waals surface area contributed by atoms with Crippen LogP contribution in [0.4, 0.5) is 5.69 Å². The Balaban J connectivity index is 1.96. The number of hydrogen-bond donors (Lipinski definition) is 2. The molecular weight excluding hydrogens is 392 g/mol. The Morgan fingerprint density at radius 2 is 1.77 bits per heavy atom.